The van der Waals surface area contributed by atoms with Gasteiger partial charge in [-0.25, -0.2) is 24.8 Å². The third-order valence-corrected chi connectivity index (χ3v) is 9.14. The molecule has 11 heteroatoms. The van der Waals surface area contributed by atoms with E-state index in [1.807, 2.05) is 6.07 Å². The Bertz CT molecular complexity index is 1760. The second-order valence-electron chi connectivity index (χ2n) is 11.7. The van der Waals surface area contributed by atoms with Gasteiger partial charge in [0.05, 0.1) is 11.0 Å². The molecular weight excluding hydrogens is 540 g/mol. The fourth-order valence-corrected chi connectivity index (χ4v) is 6.82. The minimum absolute atomic E-state index is 0.203. The van der Waals surface area contributed by atoms with Gasteiger partial charge in [0.25, 0.3) is 0 Å². The van der Waals surface area contributed by atoms with E-state index in [4.69, 9.17) is 26.6 Å². The summed E-state index contributed by atoms with van der Waals surface area (Å²) < 4.78 is 3.01. The van der Waals surface area contributed by atoms with Crippen LogP contribution in [0.1, 0.15) is 63.3 Å². The normalized spacial score (nSPS) is 20.2. The Labute approximate surface area is 241 Å². The molecule has 10 nitrogen and oxygen atoms in total. The third-order valence-electron chi connectivity index (χ3n) is 8.94. The van der Waals surface area contributed by atoms with Gasteiger partial charge in [-0.05, 0) is 49.1 Å². The highest BCUT2D eigenvalue weighted by atomic mass is 35.5. The van der Waals surface area contributed by atoms with E-state index in [1.54, 1.807) is 6.07 Å². The van der Waals surface area contributed by atoms with E-state index in [0.717, 1.165) is 55.9 Å². The van der Waals surface area contributed by atoms with Crippen molar-refractivity contribution in [3.8, 4) is 22.9 Å². The van der Waals surface area contributed by atoms with E-state index in [-0.39, 0.29) is 17.1 Å². The van der Waals surface area contributed by atoms with Gasteiger partial charge in [0.15, 0.2) is 29.7 Å². The Kier molecular flexibility index (Phi) is 6.37. The fourth-order valence-electron chi connectivity index (χ4n) is 6.61. The number of H-pyrrole nitrogens is 2. The van der Waals surface area contributed by atoms with Gasteiger partial charge in [-0.1, -0.05) is 68.1 Å². The minimum Gasteiger partial charge on any atom is -0.619 e. The summed E-state index contributed by atoms with van der Waals surface area (Å²) in [6.45, 7) is 3.12. The standard InChI is InChI=1S/C30H31ClN8O2/c1-18-8-10-19(11-9-18)15-39-24-23(20-14-22(31)17-38(41)16-20)32-26(27-35-29(40)37-36-27)33-25(24)34-28(39)30(12-5-13-30)21-6-3-2-4-7-21/h2-4,6-7,14,16-19H,5,8-13,15H2,1H3,(H2,35,36,37,40). The van der Waals surface area contributed by atoms with Crippen molar-refractivity contribution in [3.63, 3.8) is 0 Å². The molecule has 0 saturated heterocycles. The molecule has 0 spiro atoms. The van der Waals surface area contributed by atoms with Gasteiger partial charge in [0.1, 0.15) is 22.1 Å². The summed E-state index contributed by atoms with van der Waals surface area (Å²) in [6.07, 6.45) is 10.6. The van der Waals surface area contributed by atoms with E-state index >= 15 is 0 Å². The first-order valence-corrected chi connectivity index (χ1v) is 14.7. The van der Waals surface area contributed by atoms with Gasteiger partial charge in [-0.3, -0.25) is 4.98 Å². The molecule has 7 rings (SSSR count). The highest BCUT2D eigenvalue weighted by Gasteiger charge is 2.45. The van der Waals surface area contributed by atoms with Crippen LogP contribution in [0.15, 0.2) is 53.6 Å². The van der Waals surface area contributed by atoms with E-state index in [9.17, 15) is 10.0 Å². The van der Waals surface area contributed by atoms with Crippen LogP contribution in [0.4, 0.5) is 0 Å². The number of aromatic amines is 2. The quantitative estimate of drug-likeness (QED) is 0.214. The maximum absolute atomic E-state index is 12.5. The predicted octanol–water partition coefficient (Wildman–Crippen LogP) is 5.15. The Morgan fingerprint density at radius 2 is 1.88 bits per heavy atom. The lowest BCUT2D eigenvalue weighted by Crippen LogP contribution is -2.39. The van der Waals surface area contributed by atoms with E-state index in [2.05, 4.69) is 50.9 Å². The largest absolute Gasteiger partial charge is 0.619 e. The van der Waals surface area contributed by atoms with Crippen LogP contribution >= 0.6 is 11.6 Å². The average molecular weight is 571 g/mol. The highest BCUT2D eigenvalue weighted by Crippen LogP contribution is 2.50. The monoisotopic (exact) mass is 570 g/mol. The second kappa shape index (κ2) is 10.1. The molecule has 2 aliphatic rings. The van der Waals surface area contributed by atoms with Crippen molar-refractivity contribution in [2.45, 2.75) is 63.8 Å². The van der Waals surface area contributed by atoms with Crippen LogP contribution in [0, 0.1) is 17.0 Å². The molecule has 2 fully saturated rings. The number of fused-ring (bicyclic) bond motifs is 1. The first-order valence-electron chi connectivity index (χ1n) is 14.3. The molecule has 0 amide bonds. The zero-order valence-corrected chi connectivity index (χ0v) is 23.6. The van der Waals surface area contributed by atoms with Crippen molar-refractivity contribution < 1.29 is 4.73 Å². The van der Waals surface area contributed by atoms with Crippen LogP contribution in [-0.4, -0.2) is 34.7 Å². The molecule has 2 N–H and O–H groups in total. The molecule has 4 heterocycles. The first-order chi connectivity index (χ1) is 19.9. The molecule has 2 aliphatic carbocycles. The van der Waals surface area contributed by atoms with Crippen molar-refractivity contribution in [2.24, 2.45) is 11.8 Å². The lowest BCUT2D eigenvalue weighted by molar-refractivity contribution is -0.604. The van der Waals surface area contributed by atoms with Crippen LogP contribution in [0.5, 0.6) is 0 Å². The Morgan fingerprint density at radius 1 is 1.10 bits per heavy atom. The second-order valence-corrected chi connectivity index (χ2v) is 12.1. The zero-order valence-electron chi connectivity index (χ0n) is 22.8. The molecule has 41 heavy (non-hydrogen) atoms. The fraction of sp³-hybridized carbons (Fsp3) is 0.400. The number of nitrogens with zero attached hydrogens (tertiary/aromatic N) is 6. The lowest BCUT2D eigenvalue weighted by atomic mass is 9.63. The number of halogens is 1. The van der Waals surface area contributed by atoms with Gasteiger partial charge in [-0.2, -0.15) is 4.73 Å². The van der Waals surface area contributed by atoms with Gasteiger partial charge in [0.2, 0.25) is 0 Å². The Balaban J connectivity index is 1.51. The summed E-state index contributed by atoms with van der Waals surface area (Å²) in [5.74, 6) is 2.63. The third kappa shape index (κ3) is 4.60. The van der Waals surface area contributed by atoms with Crippen molar-refractivity contribution in [1.82, 2.24) is 34.7 Å². The molecule has 0 unspecified atom stereocenters. The number of hydrogen-bond acceptors (Lipinski definition) is 6. The smallest absolute Gasteiger partial charge is 0.341 e. The SMILES string of the molecule is CC1CCC(Cn2c(C3(c4ccccc4)CCC3)nc3nc(-c4n[nH]c(=O)[nH]4)nc(-c4cc(Cl)c[n+]([O-])c4)c32)CC1. The molecule has 5 aromatic rings. The number of pyridine rings is 1. The van der Waals surface area contributed by atoms with Crippen molar-refractivity contribution in [3.05, 3.63) is 80.9 Å². The number of benzene rings is 1. The first kappa shape index (κ1) is 25.9. The van der Waals surface area contributed by atoms with Crippen LogP contribution in [0.2, 0.25) is 5.02 Å². The van der Waals surface area contributed by atoms with E-state index in [1.165, 1.54) is 30.8 Å². The molecule has 0 radical (unpaired) electrons. The Morgan fingerprint density at radius 3 is 2.54 bits per heavy atom. The van der Waals surface area contributed by atoms with Crippen molar-refractivity contribution >= 4 is 22.8 Å². The topological polar surface area (TPSA) is 132 Å². The van der Waals surface area contributed by atoms with E-state index < -0.39 is 5.69 Å². The number of imidazole rings is 1. The number of aromatic nitrogens is 8. The minimum atomic E-state index is -0.458. The number of nitrogens with one attached hydrogen (secondary N) is 2. The van der Waals surface area contributed by atoms with Gasteiger partial charge in [-0.15, -0.1) is 5.10 Å². The molecule has 0 aliphatic heterocycles. The molecular formula is C30H31ClN8O2. The van der Waals surface area contributed by atoms with Crippen molar-refractivity contribution in [1.29, 1.82) is 0 Å². The maximum atomic E-state index is 12.5. The summed E-state index contributed by atoms with van der Waals surface area (Å²) in [5, 5.41) is 19.3. The highest BCUT2D eigenvalue weighted by molar-refractivity contribution is 6.30. The van der Waals surface area contributed by atoms with Crippen LogP contribution in [0.25, 0.3) is 34.1 Å². The summed E-state index contributed by atoms with van der Waals surface area (Å²) in [6, 6.07) is 12.3. The average Bonchev–Trinajstić information content (AvgIpc) is 3.53. The van der Waals surface area contributed by atoms with Crippen LogP contribution in [0.3, 0.4) is 0 Å². The lowest BCUT2D eigenvalue weighted by Gasteiger charge is -2.42. The number of rotatable bonds is 6. The summed E-state index contributed by atoms with van der Waals surface area (Å²) >= 11 is 6.36. The van der Waals surface area contributed by atoms with Gasteiger partial charge in [0, 0.05) is 6.54 Å². The number of hydrogen-bond donors (Lipinski definition) is 2. The summed E-state index contributed by atoms with van der Waals surface area (Å²) in [4.78, 5) is 29.5. The van der Waals surface area contributed by atoms with Crippen LogP contribution in [-0.2, 0) is 12.0 Å². The van der Waals surface area contributed by atoms with E-state index in [0.29, 0.717) is 32.6 Å². The molecule has 4 aromatic heterocycles. The van der Waals surface area contributed by atoms with Gasteiger partial charge < -0.3 is 9.77 Å². The Hall–Kier alpha value is -4.05. The molecule has 1 aromatic carbocycles. The van der Waals surface area contributed by atoms with Crippen molar-refractivity contribution in [2.75, 3.05) is 0 Å². The predicted molar refractivity (Wildman–Crippen MR) is 155 cm³/mol. The molecule has 2 saturated carbocycles. The molecule has 0 bridgehead atoms. The van der Waals surface area contributed by atoms with Gasteiger partial charge >= 0.3 is 5.69 Å². The zero-order chi connectivity index (χ0) is 28.1. The molecule has 0 atom stereocenters. The summed E-state index contributed by atoms with van der Waals surface area (Å²) in [5.41, 5.74) is 2.90. The maximum Gasteiger partial charge on any atom is 0.341 e. The summed E-state index contributed by atoms with van der Waals surface area (Å²) in [7, 11) is 0. The van der Waals surface area contributed by atoms with Crippen LogP contribution < -0.4 is 10.4 Å². The molecule has 210 valence electrons.